The first-order chi connectivity index (χ1) is 13.4. The highest BCUT2D eigenvalue weighted by molar-refractivity contribution is 7.85. The first kappa shape index (κ1) is 21.4. The van der Waals surface area contributed by atoms with Crippen LogP contribution in [-0.4, -0.2) is 33.9 Å². The monoisotopic (exact) mass is 433 g/mol. The first-order valence-electron chi connectivity index (χ1n) is 8.64. The molecule has 2 aromatic carbocycles. The molecule has 1 heterocycles. The summed E-state index contributed by atoms with van der Waals surface area (Å²) < 4.78 is 85.8. The van der Waals surface area contributed by atoms with Crippen molar-refractivity contribution in [3.63, 3.8) is 0 Å². The lowest BCUT2D eigenvalue weighted by molar-refractivity contribution is -0.140. The van der Waals surface area contributed by atoms with Gasteiger partial charge in [-0.1, -0.05) is 12.1 Å². The lowest BCUT2D eigenvalue weighted by Crippen LogP contribution is -2.42. The maximum absolute atomic E-state index is 13.6. The van der Waals surface area contributed by atoms with E-state index in [1.807, 2.05) is 13.0 Å². The van der Waals surface area contributed by atoms with E-state index in [0.717, 1.165) is 24.0 Å². The van der Waals surface area contributed by atoms with Gasteiger partial charge in [0.25, 0.3) is 10.1 Å². The maximum Gasteiger partial charge on any atom is 0.419 e. The Bertz CT molecular complexity index is 1010. The molecule has 29 heavy (non-hydrogen) atoms. The van der Waals surface area contributed by atoms with Gasteiger partial charge in [0.05, 0.1) is 24.1 Å². The quantitative estimate of drug-likeness (QED) is 0.529. The molecule has 0 aromatic heterocycles. The fourth-order valence-corrected chi connectivity index (χ4v) is 3.48. The summed E-state index contributed by atoms with van der Waals surface area (Å²) in [6, 6.07) is 8.18. The van der Waals surface area contributed by atoms with Crippen molar-refractivity contribution in [2.24, 2.45) is 0 Å². The maximum atomic E-state index is 13.6. The van der Waals surface area contributed by atoms with Crippen molar-refractivity contribution in [1.29, 1.82) is 0 Å². The van der Waals surface area contributed by atoms with Crippen molar-refractivity contribution in [2.45, 2.75) is 25.7 Å². The number of benzene rings is 2. The number of halogens is 4. The van der Waals surface area contributed by atoms with Gasteiger partial charge in [-0.3, -0.25) is 4.18 Å². The zero-order chi connectivity index (χ0) is 21.4. The Labute approximate surface area is 166 Å². The third-order valence-electron chi connectivity index (χ3n) is 4.35. The molecule has 0 radical (unpaired) electrons. The van der Waals surface area contributed by atoms with Crippen LogP contribution >= 0.6 is 0 Å². The largest absolute Gasteiger partial charge is 0.484 e. The molecule has 0 amide bonds. The minimum Gasteiger partial charge on any atom is -0.484 e. The standard InChI is InChI=1S/C19H19F4NO4S/c1-12-3-6-18-17(7-12)24(10-14(28-18)11-27-29(2,25)26)9-13-4-5-16(20)15(8-13)19(21,22)23/h3-8,14H,9-11H2,1-2H3/t14-/m1/s1. The van der Waals surface area contributed by atoms with Gasteiger partial charge >= 0.3 is 6.18 Å². The summed E-state index contributed by atoms with van der Waals surface area (Å²) in [6.45, 7) is 1.86. The Kier molecular flexibility index (Phi) is 5.77. The second kappa shape index (κ2) is 7.83. The van der Waals surface area contributed by atoms with Crippen LogP contribution < -0.4 is 9.64 Å². The van der Waals surface area contributed by atoms with E-state index in [4.69, 9.17) is 8.92 Å². The van der Waals surface area contributed by atoms with Crippen molar-refractivity contribution in [1.82, 2.24) is 0 Å². The summed E-state index contributed by atoms with van der Waals surface area (Å²) in [6.07, 6.45) is -4.53. The van der Waals surface area contributed by atoms with Gasteiger partial charge in [-0.2, -0.15) is 21.6 Å². The van der Waals surface area contributed by atoms with Crippen LogP contribution in [0.25, 0.3) is 0 Å². The molecule has 0 fully saturated rings. The van der Waals surface area contributed by atoms with Crippen molar-refractivity contribution in [3.05, 3.63) is 58.9 Å². The summed E-state index contributed by atoms with van der Waals surface area (Å²) >= 11 is 0. The molecule has 0 saturated heterocycles. The molecule has 0 N–H and O–H groups in total. The number of rotatable bonds is 5. The van der Waals surface area contributed by atoms with Gasteiger partial charge in [0.15, 0.2) is 0 Å². The fraction of sp³-hybridized carbons (Fsp3) is 0.368. The molecular formula is C19H19F4NO4S. The highest BCUT2D eigenvalue weighted by atomic mass is 32.2. The number of hydrogen-bond acceptors (Lipinski definition) is 5. The molecule has 1 aliphatic heterocycles. The van der Waals surface area contributed by atoms with Crippen LogP contribution in [0.4, 0.5) is 23.2 Å². The number of fused-ring (bicyclic) bond motifs is 1. The first-order valence-corrected chi connectivity index (χ1v) is 10.5. The minimum absolute atomic E-state index is 0.0541. The SMILES string of the molecule is Cc1ccc2c(c1)N(Cc1ccc(F)c(C(F)(F)F)c1)C[C@H](COS(C)(=O)=O)O2. The number of anilines is 1. The number of aryl methyl sites for hydroxylation is 1. The zero-order valence-electron chi connectivity index (χ0n) is 15.7. The normalized spacial score (nSPS) is 17.0. The zero-order valence-corrected chi connectivity index (χ0v) is 16.5. The fourth-order valence-electron chi connectivity index (χ4n) is 3.08. The summed E-state index contributed by atoms with van der Waals surface area (Å²) in [4.78, 5) is 1.76. The van der Waals surface area contributed by atoms with Gasteiger partial charge < -0.3 is 9.64 Å². The average molecular weight is 433 g/mol. The van der Waals surface area contributed by atoms with Crippen LogP contribution in [0.2, 0.25) is 0 Å². The molecule has 0 bridgehead atoms. The second-order valence-electron chi connectivity index (χ2n) is 6.89. The lowest BCUT2D eigenvalue weighted by Gasteiger charge is -2.36. The van der Waals surface area contributed by atoms with Crippen molar-refractivity contribution < 1.29 is 34.9 Å². The van der Waals surface area contributed by atoms with Crippen molar-refractivity contribution in [3.8, 4) is 5.75 Å². The smallest absolute Gasteiger partial charge is 0.419 e. The highest BCUT2D eigenvalue weighted by Crippen LogP contribution is 2.36. The van der Waals surface area contributed by atoms with E-state index in [2.05, 4.69) is 0 Å². The molecule has 0 spiro atoms. The van der Waals surface area contributed by atoms with Crippen LogP contribution in [0.5, 0.6) is 5.75 Å². The van der Waals surface area contributed by atoms with Crippen molar-refractivity contribution in [2.75, 3.05) is 24.3 Å². The third kappa shape index (κ3) is 5.39. The molecule has 0 aliphatic carbocycles. The molecule has 0 saturated carbocycles. The summed E-state index contributed by atoms with van der Waals surface area (Å²) in [5, 5.41) is 0. The average Bonchev–Trinajstić information content (AvgIpc) is 2.60. The number of nitrogens with zero attached hydrogens (tertiary/aromatic N) is 1. The van der Waals surface area contributed by atoms with E-state index < -0.39 is 33.8 Å². The van der Waals surface area contributed by atoms with Gasteiger partial charge in [0.1, 0.15) is 24.3 Å². The van der Waals surface area contributed by atoms with Gasteiger partial charge in [0, 0.05) is 6.54 Å². The van der Waals surface area contributed by atoms with Crippen LogP contribution in [-0.2, 0) is 27.0 Å². The third-order valence-corrected chi connectivity index (χ3v) is 4.91. The number of ether oxygens (including phenoxy) is 1. The molecule has 158 valence electrons. The van der Waals surface area contributed by atoms with Gasteiger partial charge in [-0.15, -0.1) is 0 Å². The molecule has 5 nitrogen and oxygen atoms in total. The molecular weight excluding hydrogens is 414 g/mol. The lowest BCUT2D eigenvalue weighted by atomic mass is 10.1. The van der Waals surface area contributed by atoms with Crippen LogP contribution in [0.1, 0.15) is 16.7 Å². The summed E-state index contributed by atoms with van der Waals surface area (Å²) in [5.41, 5.74) is 0.498. The van der Waals surface area contributed by atoms with E-state index in [-0.39, 0.29) is 25.3 Å². The van der Waals surface area contributed by atoms with Gasteiger partial charge in [-0.05, 0) is 42.3 Å². The molecule has 0 unspecified atom stereocenters. The second-order valence-corrected chi connectivity index (χ2v) is 8.54. The van der Waals surface area contributed by atoms with Gasteiger partial charge in [-0.25, -0.2) is 4.39 Å². The predicted octanol–water partition coefficient (Wildman–Crippen LogP) is 3.90. The Hall–Kier alpha value is -2.33. The molecule has 1 aliphatic rings. The molecule has 3 rings (SSSR count). The van der Waals surface area contributed by atoms with Gasteiger partial charge in [0.2, 0.25) is 0 Å². The number of alkyl halides is 3. The molecule has 1 atom stereocenters. The number of hydrogen-bond donors (Lipinski definition) is 0. The molecule has 2 aromatic rings. The summed E-state index contributed by atoms with van der Waals surface area (Å²) in [5.74, 6) is -0.874. The Morgan fingerprint density at radius 2 is 1.93 bits per heavy atom. The van der Waals surface area contributed by atoms with E-state index in [1.54, 1.807) is 17.0 Å². The Morgan fingerprint density at radius 1 is 1.21 bits per heavy atom. The minimum atomic E-state index is -4.80. The van der Waals surface area contributed by atoms with Crippen molar-refractivity contribution >= 4 is 15.8 Å². The van der Waals surface area contributed by atoms with E-state index in [1.165, 1.54) is 6.07 Å². The topological polar surface area (TPSA) is 55.8 Å². The molecule has 10 heteroatoms. The Morgan fingerprint density at radius 3 is 2.59 bits per heavy atom. The van der Waals surface area contributed by atoms with Crippen LogP contribution in [0, 0.1) is 12.7 Å². The van der Waals surface area contributed by atoms with E-state index in [9.17, 15) is 26.0 Å². The van der Waals surface area contributed by atoms with E-state index >= 15 is 0 Å². The predicted molar refractivity (Wildman–Crippen MR) is 98.8 cm³/mol. The summed E-state index contributed by atoms with van der Waals surface area (Å²) in [7, 11) is -3.68. The van der Waals surface area contributed by atoms with E-state index in [0.29, 0.717) is 11.4 Å². The van der Waals surface area contributed by atoms with Crippen LogP contribution in [0.3, 0.4) is 0 Å². The van der Waals surface area contributed by atoms with Crippen LogP contribution in [0.15, 0.2) is 36.4 Å². The highest BCUT2D eigenvalue weighted by Gasteiger charge is 2.34. The Balaban J connectivity index is 1.90.